The molecule has 2 aromatic carbocycles. The third-order valence-electron chi connectivity index (χ3n) is 6.09. The molecule has 1 fully saturated rings. The van der Waals surface area contributed by atoms with Crippen LogP contribution in [-0.2, 0) is 15.6 Å². The molecule has 2 aliphatic rings. The molecule has 0 atom stereocenters. The molecule has 1 amide bonds. The summed E-state index contributed by atoms with van der Waals surface area (Å²) in [5.41, 5.74) is 3.24. The Balaban J connectivity index is 1.46. The molecule has 1 aliphatic carbocycles. The maximum absolute atomic E-state index is 13.3. The van der Waals surface area contributed by atoms with Gasteiger partial charge in [0.15, 0.2) is 11.5 Å². The lowest BCUT2D eigenvalue weighted by Crippen LogP contribution is -2.27. The first-order valence-corrected chi connectivity index (χ1v) is 10.2. The van der Waals surface area contributed by atoms with Crippen LogP contribution in [0.5, 0.6) is 17.2 Å². The molecule has 0 unspecified atom stereocenters. The lowest BCUT2D eigenvalue weighted by molar-refractivity contribution is -0.118. The molecule has 1 saturated carbocycles. The zero-order valence-electron chi connectivity index (χ0n) is 17.7. The number of methoxy groups -OCH3 is 1. The quantitative estimate of drug-likeness (QED) is 0.648. The van der Waals surface area contributed by atoms with Gasteiger partial charge in [-0.3, -0.25) is 4.79 Å². The summed E-state index contributed by atoms with van der Waals surface area (Å²) in [5.74, 6) is 2.14. The van der Waals surface area contributed by atoms with Crippen molar-refractivity contribution in [1.82, 2.24) is 4.98 Å². The van der Waals surface area contributed by atoms with Crippen LogP contribution in [0.1, 0.15) is 44.9 Å². The van der Waals surface area contributed by atoms with E-state index in [0.29, 0.717) is 11.5 Å². The average Bonchev–Trinajstić information content (AvgIpc) is 3.18. The lowest BCUT2D eigenvalue weighted by atomic mass is 9.92. The SMILES string of the molecule is COc1cc(NC(=O)C2(c3ccc4c(c3)OCO4)CC2)cc2cc(C(C)(C)C)[nH]c12. The van der Waals surface area contributed by atoms with E-state index in [-0.39, 0.29) is 18.1 Å². The summed E-state index contributed by atoms with van der Waals surface area (Å²) in [5, 5.41) is 4.14. The van der Waals surface area contributed by atoms with Gasteiger partial charge in [0.2, 0.25) is 12.7 Å². The number of ether oxygens (including phenoxy) is 3. The van der Waals surface area contributed by atoms with E-state index >= 15 is 0 Å². The van der Waals surface area contributed by atoms with Gasteiger partial charge in [-0.25, -0.2) is 0 Å². The Morgan fingerprint density at radius 3 is 2.57 bits per heavy atom. The Bertz CT molecular complexity index is 1150. The first kappa shape index (κ1) is 18.9. The highest BCUT2D eigenvalue weighted by atomic mass is 16.7. The average molecular weight is 406 g/mol. The molecule has 1 aromatic heterocycles. The van der Waals surface area contributed by atoms with Gasteiger partial charge in [0, 0.05) is 28.2 Å². The monoisotopic (exact) mass is 406 g/mol. The lowest BCUT2D eigenvalue weighted by Gasteiger charge is -2.17. The number of H-pyrrole nitrogens is 1. The molecule has 156 valence electrons. The number of aromatic nitrogens is 1. The minimum absolute atomic E-state index is 0.00523. The number of carbonyl (C=O) groups is 1. The maximum Gasteiger partial charge on any atom is 0.235 e. The Hall–Kier alpha value is -3.15. The minimum Gasteiger partial charge on any atom is -0.494 e. The van der Waals surface area contributed by atoms with Crippen molar-refractivity contribution in [3.05, 3.63) is 47.7 Å². The molecule has 6 nitrogen and oxygen atoms in total. The summed E-state index contributed by atoms with van der Waals surface area (Å²) in [7, 11) is 1.65. The van der Waals surface area contributed by atoms with Crippen molar-refractivity contribution < 1.29 is 19.0 Å². The van der Waals surface area contributed by atoms with Crippen molar-refractivity contribution in [2.45, 2.75) is 44.4 Å². The summed E-state index contributed by atoms with van der Waals surface area (Å²) in [6.45, 7) is 6.71. The standard InChI is InChI=1S/C24H26N2O4/c1-23(2,3)20-10-14-9-16(12-19(28-4)21(14)26-20)25-22(27)24(7-8-24)15-5-6-17-18(11-15)30-13-29-17/h5-6,9-12,26H,7-8,13H2,1-4H3,(H,25,27). The Morgan fingerprint density at radius 1 is 1.10 bits per heavy atom. The van der Waals surface area contributed by atoms with Crippen molar-refractivity contribution >= 4 is 22.5 Å². The molecule has 5 rings (SSSR count). The largest absolute Gasteiger partial charge is 0.494 e. The first-order chi connectivity index (χ1) is 14.3. The summed E-state index contributed by atoms with van der Waals surface area (Å²) in [4.78, 5) is 16.7. The number of rotatable bonds is 4. The summed E-state index contributed by atoms with van der Waals surface area (Å²) in [6.07, 6.45) is 1.63. The number of fused-ring (bicyclic) bond motifs is 2. The molecule has 0 bridgehead atoms. The van der Waals surface area contributed by atoms with E-state index in [4.69, 9.17) is 14.2 Å². The summed E-state index contributed by atoms with van der Waals surface area (Å²) in [6, 6.07) is 11.8. The van der Waals surface area contributed by atoms with Crippen LogP contribution in [0.25, 0.3) is 10.9 Å². The molecular weight excluding hydrogens is 380 g/mol. The third-order valence-corrected chi connectivity index (χ3v) is 6.09. The molecule has 6 heteroatoms. The van der Waals surface area contributed by atoms with Gasteiger partial charge in [0.05, 0.1) is 18.0 Å². The Kier molecular flexibility index (Phi) is 4.04. The zero-order valence-corrected chi connectivity index (χ0v) is 17.7. The smallest absolute Gasteiger partial charge is 0.235 e. The third kappa shape index (κ3) is 2.98. The number of aromatic amines is 1. The fourth-order valence-corrected chi connectivity index (χ4v) is 4.06. The Morgan fingerprint density at radius 2 is 1.87 bits per heavy atom. The topological polar surface area (TPSA) is 72.6 Å². The molecule has 1 aliphatic heterocycles. The molecule has 0 spiro atoms. The van der Waals surface area contributed by atoms with Crippen LogP contribution < -0.4 is 19.5 Å². The highest BCUT2D eigenvalue weighted by Crippen LogP contribution is 2.51. The van der Waals surface area contributed by atoms with Gasteiger partial charge in [-0.2, -0.15) is 0 Å². The van der Waals surface area contributed by atoms with E-state index < -0.39 is 5.41 Å². The van der Waals surface area contributed by atoms with Crippen molar-refractivity contribution in [1.29, 1.82) is 0 Å². The normalized spacial score (nSPS) is 16.5. The van der Waals surface area contributed by atoms with Crippen LogP contribution in [-0.4, -0.2) is 24.8 Å². The van der Waals surface area contributed by atoms with Gasteiger partial charge in [-0.05, 0) is 42.7 Å². The number of hydrogen-bond donors (Lipinski definition) is 2. The molecule has 0 saturated heterocycles. The summed E-state index contributed by atoms with van der Waals surface area (Å²) < 4.78 is 16.5. The van der Waals surface area contributed by atoms with E-state index in [0.717, 1.165) is 46.4 Å². The predicted molar refractivity (Wildman–Crippen MR) is 116 cm³/mol. The Labute approximate surface area is 175 Å². The second-order valence-corrected chi connectivity index (χ2v) is 9.18. The second-order valence-electron chi connectivity index (χ2n) is 9.18. The van der Waals surface area contributed by atoms with Gasteiger partial charge >= 0.3 is 0 Å². The minimum atomic E-state index is -0.516. The van der Waals surface area contributed by atoms with E-state index in [2.05, 4.69) is 37.1 Å². The van der Waals surface area contributed by atoms with Gasteiger partial charge in [0.25, 0.3) is 0 Å². The van der Waals surface area contributed by atoms with Crippen LogP contribution in [0.2, 0.25) is 0 Å². The number of anilines is 1. The van der Waals surface area contributed by atoms with Gasteiger partial charge in [-0.15, -0.1) is 0 Å². The first-order valence-electron chi connectivity index (χ1n) is 10.2. The van der Waals surface area contributed by atoms with Crippen molar-refractivity contribution in [2.24, 2.45) is 0 Å². The predicted octanol–water partition coefficient (Wildman–Crippen LogP) is 4.87. The van der Waals surface area contributed by atoms with Crippen molar-refractivity contribution in [3.8, 4) is 17.2 Å². The van der Waals surface area contributed by atoms with Crippen LogP contribution >= 0.6 is 0 Å². The molecule has 3 aromatic rings. The van der Waals surface area contributed by atoms with Crippen LogP contribution in [0, 0.1) is 0 Å². The highest BCUT2D eigenvalue weighted by molar-refractivity contribution is 6.03. The highest BCUT2D eigenvalue weighted by Gasteiger charge is 2.51. The second kappa shape index (κ2) is 6.42. The molecule has 2 heterocycles. The molecule has 30 heavy (non-hydrogen) atoms. The van der Waals surface area contributed by atoms with E-state index in [1.54, 1.807) is 7.11 Å². The van der Waals surface area contributed by atoms with E-state index in [1.165, 1.54) is 0 Å². The summed E-state index contributed by atoms with van der Waals surface area (Å²) >= 11 is 0. The van der Waals surface area contributed by atoms with E-state index in [1.807, 2.05) is 30.3 Å². The van der Waals surface area contributed by atoms with Crippen molar-refractivity contribution in [3.63, 3.8) is 0 Å². The zero-order chi connectivity index (χ0) is 21.1. The van der Waals surface area contributed by atoms with Crippen LogP contribution in [0.3, 0.4) is 0 Å². The van der Waals surface area contributed by atoms with Crippen LogP contribution in [0.4, 0.5) is 5.69 Å². The molecular formula is C24H26N2O4. The van der Waals surface area contributed by atoms with Crippen LogP contribution in [0.15, 0.2) is 36.4 Å². The van der Waals surface area contributed by atoms with Crippen molar-refractivity contribution in [2.75, 3.05) is 19.2 Å². The molecule has 2 N–H and O–H groups in total. The number of amides is 1. The van der Waals surface area contributed by atoms with Gasteiger partial charge in [-0.1, -0.05) is 26.8 Å². The fourth-order valence-electron chi connectivity index (χ4n) is 4.06. The van der Waals surface area contributed by atoms with Gasteiger partial charge < -0.3 is 24.5 Å². The fraction of sp³-hybridized carbons (Fsp3) is 0.375. The van der Waals surface area contributed by atoms with E-state index in [9.17, 15) is 4.79 Å². The molecule has 0 radical (unpaired) electrons. The number of nitrogens with one attached hydrogen (secondary N) is 2. The maximum atomic E-state index is 13.3. The number of hydrogen-bond acceptors (Lipinski definition) is 4. The van der Waals surface area contributed by atoms with Gasteiger partial charge in [0.1, 0.15) is 5.75 Å². The number of carbonyl (C=O) groups excluding carboxylic acids is 1. The number of benzene rings is 2.